The summed E-state index contributed by atoms with van der Waals surface area (Å²) in [5.41, 5.74) is -0.433. The summed E-state index contributed by atoms with van der Waals surface area (Å²) >= 11 is 0. The molecule has 0 saturated heterocycles. The molecule has 1 aliphatic rings. The van der Waals surface area contributed by atoms with Crippen LogP contribution in [0, 0.1) is 0 Å². The second-order valence-corrected chi connectivity index (χ2v) is 4.14. The number of aromatic nitrogens is 1. The van der Waals surface area contributed by atoms with E-state index in [-0.39, 0.29) is 0 Å². The first kappa shape index (κ1) is 8.82. The zero-order valence-electron chi connectivity index (χ0n) is 7.95. The van der Waals surface area contributed by atoms with Crippen molar-refractivity contribution in [3.05, 3.63) is 24.5 Å². The molecule has 2 rings (SSSR count). The van der Waals surface area contributed by atoms with E-state index in [1.807, 2.05) is 24.5 Å². The molecule has 1 N–H and O–H groups in total. The van der Waals surface area contributed by atoms with Gasteiger partial charge < -0.3 is 9.67 Å². The summed E-state index contributed by atoms with van der Waals surface area (Å²) in [6.07, 6.45) is 9.61. The van der Waals surface area contributed by atoms with Crippen LogP contribution in [0.5, 0.6) is 0 Å². The third-order valence-electron chi connectivity index (χ3n) is 2.93. The Kier molecular flexibility index (Phi) is 2.40. The van der Waals surface area contributed by atoms with E-state index in [1.165, 1.54) is 19.3 Å². The number of hydrogen-bond acceptors (Lipinski definition) is 1. The van der Waals surface area contributed by atoms with Gasteiger partial charge in [0.2, 0.25) is 0 Å². The highest BCUT2D eigenvalue weighted by atomic mass is 16.3. The molecule has 0 unspecified atom stereocenters. The lowest BCUT2D eigenvalue weighted by Crippen LogP contribution is -2.35. The normalized spacial score (nSPS) is 21.6. The molecule has 1 aliphatic carbocycles. The fourth-order valence-corrected chi connectivity index (χ4v) is 2.18. The van der Waals surface area contributed by atoms with Crippen LogP contribution in [-0.4, -0.2) is 15.3 Å². The van der Waals surface area contributed by atoms with Gasteiger partial charge in [0.25, 0.3) is 0 Å². The molecule has 0 atom stereocenters. The molecule has 1 aromatic heterocycles. The van der Waals surface area contributed by atoms with Crippen molar-refractivity contribution in [1.82, 2.24) is 4.57 Å². The summed E-state index contributed by atoms with van der Waals surface area (Å²) < 4.78 is 2.07. The van der Waals surface area contributed by atoms with Gasteiger partial charge in [0.05, 0.1) is 12.1 Å². The molecule has 13 heavy (non-hydrogen) atoms. The minimum atomic E-state index is -0.433. The van der Waals surface area contributed by atoms with Gasteiger partial charge in [-0.1, -0.05) is 19.3 Å². The zero-order valence-corrected chi connectivity index (χ0v) is 7.95. The quantitative estimate of drug-likeness (QED) is 0.739. The van der Waals surface area contributed by atoms with Gasteiger partial charge in [-0.05, 0) is 25.0 Å². The third kappa shape index (κ3) is 2.13. The van der Waals surface area contributed by atoms with Crippen molar-refractivity contribution < 1.29 is 5.11 Å². The van der Waals surface area contributed by atoms with E-state index in [0.717, 1.165) is 19.4 Å². The molecule has 2 nitrogen and oxygen atoms in total. The summed E-state index contributed by atoms with van der Waals surface area (Å²) in [6, 6.07) is 4.01. The van der Waals surface area contributed by atoms with Gasteiger partial charge in [-0.25, -0.2) is 0 Å². The molecule has 0 aromatic carbocycles. The molecule has 1 fully saturated rings. The Morgan fingerprint density at radius 3 is 2.31 bits per heavy atom. The lowest BCUT2D eigenvalue weighted by molar-refractivity contribution is -0.0113. The van der Waals surface area contributed by atoms with Crippen LogP contribution in [0.3, 0.4) is 0 Å². The van der Waals surface area contributed by atoms with Crippen molar-refractivity contribution in [1.29, 1.82) is 0 Å². The van der Waals surface area contributed by atoms with Crippen molar-refractivity contribution in [2.45, 2.75) is 44.2 Å². The first-order valence-electron chi connectivity index (χ1n) is 5.12. The maximum atomic E-state index is 10.2. The lowest BCUT2D eigenvalue weighted by atomic mass is 9.85. The van der Waals surface area contributed by atoms with Gasteiger partial charge in [-0.2, -0.15) is 0 Å². The molecule has 1 saturated carbocycles. The molecule has 0 bridgehead atoms. The fraction of sp³-hybridized carbons (Fsp3) is 0.636. The highest BCUT2D eigenvalue weighted by Gasteiger charge is 2.28. The predicted octanol–water partition coefficient (Wildman–Crippen LogP) is 2.18. The maximum absolute atomic E-state index is 10.2. The van der Waals surface area contributed by atoms with E-state index in [1.54, 1.807) is 0 Å². The van der Waals surface area contributed by atoms with Crippen LogP contribution in [-0.2, 0) is 6.54 Å². The first-order valence-corrected chi connectivity index (χ1v) is 5.12. The Hall–Kier alpha value is -0.760. The van der Waals surface area contributed by atoms with Crippen LogP contribution in [0.2, 0.25) is 0 Å². The van der Waals surface area contributed by atoms with Gasteiger partial charge in [-0.3, -0.25) is 0 Å². The number of rotatable bonds is 2. The van der Waals surface area contributed by atoms with E-state index in [2.05, 4.69) is 4.57 Å². The Bertz CT molecular complexity index is 247. The minimum absolute atomic E-state index is 0.433. The summed E-state index contributed by atoms with van der Waals surface area (Å²) in [5, 5.41) is 10.2. The van der Waals surface area contributed by atoms with Crippen molar-refractivity contribution in [3.8, 4) is 0 Å². The molecule has 1 aromatic rings. The van der Waals surface area contributed by atoms with Crippen molar-refractivity contribution in [2.24, 2.45) is 0 Å². The van der Waals surface area contributed by atoms with Crippen LogP contribution in [0.1, 0.15) is 32.1 Å². The highest BCUT2D eigenvalue weighted by molar-refractivity contribution is 4.93. The predicted molar refractivity (Wildman–Crippen MR) is 52.5 cm³/mol. The summed E-state index contributed by atoms with van der Waals surface area (Å²) in [4.78, 5) is 0. The van der Waals surface area contributed by atoms with Gasteiger partial charge in [0.15, 0.2) is 0 Å². The van der Waals surface area contributed by atoms with E-state index in [4.69, 9.17) is 0 Å². The Morgan fingerprint density at radius 1 is 1.08 bits per heavy atom. The molecular weight excluding hydrogens is 162 g/mol. The fourth-order valence-electron chi connectivity index (χ4n) is 2.18. The summed E-state index contributed by atoms with van der Waals surface area (Å²) in [7, 11) is 0. The number of nitrogens with zero attached hydrogens (tertiary/aromatic N) is 1. The smallest absolute Gasteiger partial charge is 0.0825 e. The number of aliphatic hydroxyl groups is 1. The third-order valence-corrected chi connectivity index (χ3v) is 2.93. The largest absolute Gasteiger partial charge is 0.388 e. The Labute approximate surface area is 79.2 Å². The maximum Gasteiger partial charge on any atom is 0.0825 e. The first-order chi connectivity index (χ1) is 6.29. The second-order valence-electron chi connectivity index (χ2n) is 4.14. The van der Waals surface area contributed by atoms with Crippen LogP contribution in [0.4, 0.5) is 0 Å². The standard InChI is InChI=1S/C11H17NO/c13-11(6-2-1-3-7-11)10-12-8-4-5-9-12/h4-5,8-9,13H,1-3,6-7,10H2. The molecule has 0 spiro atoms. The monoisotopic (exact) mass is 179 g/mol. The molecule has 72 valence electrons. The zero-order chi connectivity index (χ0) is 9.15. The Morgan fingerprint density at radius 2 is 1.69 bits per heavy atom. The average Bonchev–Trinajstić information content (AvgIpc) is 2.57. The van der Waals surface area contributed by atoms with E-state index in [0.29, 0.717) is 0 Å². The summed E-state index contributed by atoms with van der Waals surface area (Å²) in [5.74, 6) is 0. The summed E-state index contributed by atoms with van der Waals surface area (Å²) in [6.45, 7) is 0.764. The second kappa shape index (κ2) is 3.54. The molecule has 0 amide bonds. The van der Waals surface area contributed by atoms with Crippen molar-refractivity contribution >= 4 is 0 Å². The molecule has 0 aliphatic heterocycles. The van der Waals surface area contributed by atoms with Crippen molar-refractivity contribution in [3.63, 3.8) is 0 Å². The average molecular weight is 179 g/mol. The number of hydrogen-bond donors (Lipinski definition) is 1. The van der Waals surface area contributed by atoms with Gasteiger partial charge in [-0.15, -0.1) is 0 Å². The van der Waals surface area contributed by atoms with E-state index < -0.39 is 5.60 Å². The van der Waals surface area contributed by atoms with Crippen molar-refractivity contribution in [2.75, 3.05) is 0 Å². The SMILES string of the molecule is OC1(Cn2cccc2)CCCCC1. The van der Waals surface area contributed by atoms with Crippen LogP contribution in [0.25, 0.3) is 0 Å². The van der Waals surface area contributed by atoms with Gasteiger partial charge >= 0.3 is 0 Å². The van der Waals surface area contributed by atoms with Crippen LogP contribution < -0.4 is 0 Å². The minimum Gasteiger partial charge on any atom is -0.388 e. The van der Waals surface area contributed by atoms with Gasteiger partial charge in [0, 0.05) is 12.4 Å². The lowest BCUT2D eigenvalue weighted by Gasteiger charge is -2.32. The molecule has 2 heteroatoms. The highest BCUT2D eigenvalue weighted by Crippen LogP contribution is 2.29. The molecular formula is C11H17NO. The van der Waals surface area contributed by atoms with E-state index >= 15 is 0 Å². The van der Waals surface area contributed by atoms with E-state index in [9.17, 15) is 5.11 Å². The Balaban J connectivity index is 1.99. The van der Waals surface area contributed by atoms with Crippen LogP contribution in [0.15, 0.2) is 24.5 Å². The molecule has 0 radical (unpaired) electrons. The van der Waals surface area contributed by atoms with Crippen LogP contribution >= 0.6 is 0 Å². The topological polar surface area (TPSA) is 25.2 Å². The van der Waals surface area contributed by atoms with Gasteiger partial charge in [0.1, 0.15) is 0 Å². The molecule has 1 heterocycles.